The van der Waals surface area contributed by atoms with Crippen molar-refractivity contribution in [2.45, 2.75) is 13.8 Å². The number of carboxylic acid groups (broad SMARTS) is 1. The number of carbonyl (C=O) groups is 1. The van der Waals surface area contributed by atoms with Gasteiger partial charge in [0.2, 0.25) is 5.43 Å². The number of hydrogen-bond acceptors (Lipinski definition) is 3. The molecule has 0 bridgehead atoms. The second kappa shape index (κ2) is 2.98. The molecule has 0 spiro atoms. The highest BCUT2D eigenvalue weighted by molar-refractivity contribution is 6.01. The Morgan fingerprint density at radius 3 is 2.73 bits per heavy atom. The van der Waals surface area contributed by atoms with Crippen LogP contribution in [0.15, 0.2) is 15.3 Å². The number of aromatic nitrogens is 1. The second-order valence-corrected chi connectivity index (χ2v) is 3.36. The van der Waals surface area contributed by atoms with E-state index in [4.69, 9.17) is 9.52 Å². The fraction of sp³-hybridized carbons (Fsp3) is 0.200. The zero-order valence-corrected chi connectivity index (χ0v) is 8.25. The van der Waals surface area contributed by atoms with Crippen LogP contribution in [0.2, 0.25) is 0 Å². The number of H-pyrrole nitrogens is 1. The minimum absolute atomic E-state index is 0.0193. The Hall–Kier alpha value is -2.04. The summed E-state index contributed by atoms with van der Waals surface area (Å²) in [6, 6.07) is 1.37. The quantitative estimate of drug-likeness (QED) is 0.741. The van der Waals surface area contributed by atoms with E-state index in [2.05, 4.69) is 4.98 Å². The average Bonchev–Trinajstić information content (AvgIpc) is 2.41. The van der Waals surface area contributed by atoms with E-state index in [9.17, 15) is 9.59 Å². The lowest BCUT2D eigenvalue weighted by Crippen LogP contribution is -2.03. The van der Waals surface area contributed by atoms with E-state index >= 15 is 0 Å². The van der Waals surface area contributed by atoms with Gasteiger partial charge in [-0.3, -0.25) is 4.79 Å². The Kier molecular flexibility index (Phi) is 1.89. The van der Waals surface area contributed by atoms with Gasteiger partial charge in [-0.15, -0.1) is 0 Å². The van der Waals surface area contributed by atoms with Gasteiger partial charge in [-0.25, -0.2) is 4.79 Å². The number of nitrogens with one attached hydrogen (secondary N) is 1. The molecule has 0 saturated heterocycles. The van der Waals surface area contributed by atoms with Crippen LogP contribution in [0.1, 0.15) is 21.8 Å². The van der Waals surface area contributed by atoms with Crippen molar-refractivity contribution < 1.29 is 14.3 Å². The second-order valence-electron chi connectivity index (χ2n) is 3.36. The topological polar surface area (TPSA) is 83.3 Å². The number of hydrogen-bond donors (Lipinski definition) is 2. The monoisotopic (exact) mass is 207 g/mol. The smallest absolute Gasteiger partial charge is 0.341 e. The number of pyridine rings is 1. The zero-order chi connectivity index (χ0) is 11.2. The fourth-order valence-electron chi connectivity index (χ4n) is 1.59. The van der Waals surface area contributed by atoms with Crippen LogP contribution in [0.25, 0.3) is 11.1 Å². The summed E-state index contributed by atoms with van der Waals surface area (Å²) in [5.41, 5.74) is 0.638. The van der Waals surface area contributed by atoms with Crippen LogP contribution < -0.4 is 5.43 Å². The SMILES string of the molecule is Cc1cc(=O)c2oc(C)c(C(=O)O)c2[nH]1. The lowest BCUT2D eigenvalue weighted by molar-refractivity contribution is 0.0696. The molecule has 2 aromatic heterocycles. The molecule has 0 aromatic carbocycles. The molecule has 2 heterocycles. The maximum absolute atomic E-state index is 11.5. The van der Waals surface area contributed by atoms with Crippen molar-refractivity contribution in [2.75, 3.05) is 0 Å². The van der Waals surface area contributed by atoms with Crippen LogP contribution in [-0.4, -0.2) is 16.1 Å². The van der Waals surface area contributed by atoms with Gasteiger partial charge in [0.05, 0.1) is 0 Å². The van der Waals surface area contributed by atoms with E-state index in [1.807, 2.05) is 0 Å². The van der Waals surface area contributed by atoms with Gasteiger partial charge in [0.15, 0.2) is 5.58 Å². The molecule has 78 valence electrons. The maximum atomic E-state index is 11.5. The van der Waals surface area contributed by atoms with Gasteiger partial charge < -0.3 is 14.5 Å². The van der Waals surface area contributed by atoms with Crippen molar-refractivity contribution in [3.05, 3.63) is 33.3 Å². The normalized spacial score (nSPS) is 10.8. The standard InChI is InChI=1S/C10H9NO4/c1-4-3-6(12)9-8(11-4)7(10(13)14)5(2)15-9/h3H,1-2H3,(H,11,12)(H,13,14). The number of aromatic carboxylic acids is 1. The van der Waals surface area contributed by atoms with Crippen molar-refractivity contribution in [1.82, 2.24) is 4.98 Å². The van der Waals surface area contributed by atoms with Gasteiger partial charge in [0.25, 0.3) is 0 Å². The van der Waals surface area contributed by atoms with Gasteiger partial charge >= 0.3 is 5.97 Å². The molecule has 0 saturated carbocycles. The molecule has 0 amide bonds. The summed E-state index contributed by atoms with van der Waals surface area (Å²) in [6.07, 6.45) is 0. The zero-order valence-electron chi connectivity index (χ0n) is 8.25. The summed E-state index contributed by atoms with van der Waals surface area (Å²) in [5.74, 6) is -0.871. The van der Waals surface area contributed by atoms with Crippen molar-refractivity contribution in [1.29, 1.82) is 0 Å². The Balaban J connectivity index is 2.99. The first-order chi connectivity index (χ1) is 7.00. The van der Waals surface area contributed by atoms with Crippen LogP contribution in [0.4, 0.5) is 0 Å². The number of aryl methyl sites for hydroxylation is 2. The van der Waals surface area contributed by atoms with Crippen LogP contribution >= 0.6 is 0 Å². The van der Waals surface area contributed by atoms with E-state index in [1.165, 1.54) is 13.0 Å². The minimum atomic E-state index is -1.10. The number of furan rings is 1. The molecule has 2 rings (SSSR count). The third kappa shape index (κ3) is 1.32. The molecule has 5 nitrogen and oxygen atoms in total. The van der Waals surface area contributed by atoms with Crippen LogP contribution in [0.3, 0.4) is 0 Å². The molecule has 0 atom stereocenters. The van der Waals surface area contributed by atoms with E-state index in [-0.39, 0.29) is 27.9 Å². The highest BCUT2D eigenvalue weighted by Gasteiger charge is 2.19. The first-order valence-corrected chi connectivity index (χ1v) is 4.37. The summed E-state index contributed by atoms with van der Waals surface area (Å²) in [5, 5.41) is 8.95. The molecule has 0 aliphatic rings. The number of carboxylic acids is 1. The Labute approximate surface area is 84.3 Å². The largest absolute Gasteiger partial charge is 0.477 e. The van der Waals surface area contributed by atoms with E-state index in [1.54, 1.807) is 6.92 Å². The lowest BCUT2D eigenvalue weighted by Gasteiger charge is -1.94. The third-order valence-electron chi connectivity index (χ3n) is 2.19. The molecule has 0 aliphatic carbocycles. The van der Waals surface area contributed by atoms with Crippen molar-refractivity contribution in [3.63, 3.8) is 0 Å². The summed E-state index contributed by atoms with van der Waals surface area (Å²) in [7, 11) is 0. The molecule has 2 aromatic rings. The van der Waals surface area contributed by atoms with Gasteiger partial charge in [-0.05, 0) is 13.8 Å². The molecule has 0 radical (unpaired) electrons. The fourth-order valence-corrected chi connectivity index (χ4v) is 1.59. The molecule has 2 N–H and O–H groups in total. The van der Waals surface area contributed by atoms with Crippen LogP contribution in [-0.2, 0) is 0 Å². The molecule has 0 aliphatic heterocycles. The third-order valence-corrected chi connectivity index (χ3v) is 2.19. The van der Waals surface area contributed by atoms with Gasteiger partial charge in [-0.1, -0.05) is 0 Å². The van der Waals surface area contributed by atoms with E-state index in [0.717, 1.165) is 0 Å². The molecular weight excluding hydrogens is 198 g/mol. The Morgan fingerprint density at radius 1 is 1.47 bits per heavy atom. The van der Waals surface area contributed by atoms with Gasteiger partial charge in [0, 0.05) is 11.8 Å². The average molecular weight is 207 g/mol. The van der Waals surface area contributed by atoms with E-state index < -0.39 is 5.97 Å². The molecular formula is C10H9NO4. The molecule has 0 fully saturated rings. The van der Waals surface area contributed by atoms with Crippen molar-refractivity contribution >= 4 is 17.1 Å². The predicted molar refractivity (Wildman–Crippen MR) is 53.3 cm³/mol. The van der Waals surface area contributed by atoms with Crippen LogP contribution in [0.5, 0.6) is 0 Å². The van der Waals surface area contributed by atoms with Crippen molar-refractivity contribution in [2.24, 2.45) is 0 Å². The summed E-state index contributed by atoms with van der Waals surface area (Å²) in [6.45, 7) is 3.21. The number of aromatic amines is 1. The van der Waals surface area contributed by atoms with E-state index in [0.29, 0.717) is 5.69 Å². The Morgan fingerprint density at radius 2 is 2.13 bits per heavy atom. The van der Waals surface area contributed by atoms with Gasteiger partial charge in [0.1, 0.15) is 16.8 Å². The number of fused-ring (bicyclic) bond motifs is 1. The van der Waals surface area contributed by atoms with Crippen molar-refractivity contribution in [3.8, 4) is 0 Å². The maximum Gasteiger partial charge on any atom is 0.341 e. The highest BCUT2D eigenvalue weighted by atomic mass is 16.4. The summed E-state index contributed by atoms with van der Waals surface area (Å²) in [4.78, 5) is 25.2. The summed E-state index contributed by atoms with van der Waals surface area (Å²) < 4.78 is 5.12. The summed E-state index contributed by atoms with van der Waals surface area (Å²) >= 11 is 0. The first kappa shape index (κ1) is 9.51. The predicted octanol–water partition coefficient (Wildman–Crippen LogP) is 1.44. The highest BCUT2D eigenvalue weighted by Crippen LogP contribution is 2.21. The Bertz CT molecular complexity index is 606. The molecule has 15 heavy (non-hydrogen) atoms. The lowest BCUT2D eigenvalue weighted by atomic mass is 10.2. The van der Waals surface area contributed by atoms with Gasteiger partial charge in [-0.2, -0.15) is 0 Å². The van der Waals surface area contributed by atoms with Crippen LogP contribution in [0, 0.1) is 13.8 Å². The number of rotatable bonds is 1. The first-order valence-electron chi connectivity index (χ1n) is 4.37. The molecule has 0 unspecified atom stereocenters. The molecule has 5 heteroatoms. The minimum Gasteiger partial charge on any atom is -0.477 e.